The molecule has 3 amide bonds. The van der Waals surface area contributed by atoms with Crippen LogP contribution in [0.3, 0.4) is 0 Å². The number of imide groups is 1. The Labute approximate surface area is 220 Å². The van der Waals surface area contributed by atoms with Crippen molar-refractivity contribution in [2.24, 2.45) is 5.41 Å². The van der Waals surface area contributed by atoms with E-state index in [0.29, 0.717) is 19.0 Å². The predicted molar refractivity (Wildman–Crippen MR) is 137 cm³/mol. The van der Waals surface area contributed by atoms with Gasteiger partial charge in [0.15, 0.2) is 0 Å². The van der Waals surface area contributed by atoms with Gasteiger partial charge in [0.05, 0.1) is 17.7 Å². The van der Waals surface area contributed by atoms with E-state index in [4.69, 9.17) is 4.74 Å². The molecule has 0 radical (unpaired) electrons. The van der Waals surface area contributed by atoms with Crippen LogP contribution in [-0.4, -0.2) is 52.8 Å². The van der Waals surface area contributed by atoms with Gasteiger partial charge in [-0.15, -0.1) is 0 Å². The number of aromatic nitrogens is 1. The summed E-state index contributed by atoms with van der Waals surface area (Å²) in [5.41, 5.74) is -1.80. The molecule has 3 fully saturated rings. The average Bonchev–Trinajstić information content (AvgIpc) is 3.64. The number of benzene rings is 1. The molecule has 1 unspecified atom stereocenters. The van der Waals surface area contributed by atoms with E-state index in [2.05, 4.69) is 24.1 Å². The molecule has 2 aromatic rings. The summed E-state index contributed by atoms with van der Waals surface area (Å²) in [6.45, 7) is 9.13. The zero-order valence-electron chi connectivity index (χ0n) is 22.1. The standard InChI is InChI=1S/C28H33F3N4O3/c1-25(2)17-38-14-10-21(25)33-22-15-18(9-13-32-22)16-34-24(37)35(23(36)26(34,3)4)20-7-5-19(6-8-20)27(11-12-27)28(29,30)31/h5-9,13,15,21H,10-12,14,16-17H2,1-4H3,(H,32,33). The van der Waals surface area contributed by atoms with Crippen LogP contribution in [0.25, 0.3) is 0 Å². The molecular weight excluding hydrogens is 497 g/mol. The van der Waals surface area contributed by atoms with Crippen molar-refractivity contribution < 1.29 is 27.5 Å². The molecule has 1 saturated carbocycles. The molecule has 0 bridgehead atoms. The first-order chi connectivity index (χ1) is 17.8. The molecule has 3 heterocycles. The summed E-state index contributed by atoms with van der Waals surface area (Å²) in [6.07, 6.45) is -1.71. The van der Waals surface area contributed by atoms with Crippen LogP contribution in [0.15, 0.2) is 42.6 Å². The van der Waals surface area contributed by atoms with E-state index in [9.17, 15) is 22.8 Å². The summed E-state index contributed by atoms with van der Waals surface area (Å²) in [6, 6.07) is 8.97. The Morgan fingerprint density at radius 3 is 2.37 bits per heavy atom. The Balaban J connectivity index is 1.34. The Kier molecular flexibility index (Phi) is 6.24. The monoisotopic (exact) mass is 530 g/mol. The minimum atomic E-state index is -4.33. The maximum atomic E-state index is 13.5. The fraction of sp³-hybridized carbons (Fsp3) is 0.536. The number of halogens is 3. The van der Waals surface area contributed by atoms with E-state index in [1.54, 1.807) is 26.1 Å². The highest BCUT2D eigenvalue weighted by atomic mass is 19.4. The molecule has 3 aliphatic rings. The Hall–Kier alpha value is -3.14. The number of rotatable bonds is 6. The molecule has 1 aromatic carbocycles. The van der Waals surface area contributed by atoms with Crippen molar-refractivity contribution in [2.45, 2.75) is 76.7 Å². The van der Waals surface area contributed by atoms with Gasteiger partial charge in [-0.3, -0.25) is 4.79 Å². The number of amides is 3. The van der Waals surface area contributed by atoms with Crippen molar-refractivity contribution in [3.8, 4) is 0 Å². The van der Waals surface area contributed by atoms with E-state index in [-0.39, 0.29) is 42.1 Å². The van der Waals surface area contributed by atoms with Gasteiger partial charge < -0.3 is 15.0 Å². The lowest BCUT2D eigenvalue weighted by atomic mass is 9.82. The van der Waals surface area contributed by atoms with Crippen molar-refractivity contribution in [3.05, 3.63) is 53.7 Å². The lowest BCUT2D eigenvalue weighted by Gasteiger charge is -2.39. The SMILES string of the molecule is CC1(C)COCCC1Nc1cc(CN2C(=O)N(c3ccc(C4(C(F)(F)F)CC4)cc3)C(=O)C2(C)C)ccn1. The van der Waals surface area contributed by atoms with Crippen molar-refractivity contribution in [2.75, 3.05) is 23.4 Å². The lowest BCUT2D eigenvalue weighted by Crippen LogP contribution is -2.44. The molecule has 204 valence electrons. The van der Waals surface area contributed by atoms with Gasteiger partial charge >= 0.3 is 12.2 Å². The topological polar surface area (TPSA) is 74.8 Å². The van der Waals surface area contributed by atoms with Crippen molar-refractivity contribution in [1.82, 2.24) is 9.88 Å². The van der Waals surface area contributed by atoms with Gasteiger partial charge in [0.2, 0.25) is 0 Å². The summed E-state index contributed by atoms with van der Waals surface area (Å²) < 4.78 is 46.2. The van der Waals surface area contributed by atoms with Gasteiger partial charge in [-0.1, -0.05) is 26.0 Å². The zero-order valence-corrected chi connectivity index (χ0v) is 22.1. The quantitative estimate of drug-likeness (QED) is 0.489. The number of alkyl halides is 3. The highest BCUT2D eigenvalue weighted by Gasteiger charge is 2.64. The first kappa shape index (κ1) is 26.5. The molecule has 7 nitrogen and oxygen atoms in total. The van der Waals surface area contributed by atoms with Crippen LogP contribution >= 0.6 is 0 Å². The van der Waals surface area contributed by atoms with Crippen molar-refractivity contribution >= 4 is 23.4 Å². The first-order valence-corrected chi connectivity index (χ1v) is 12.9. The molecule has 2 saturated heterocycles. The van der Waals surface area contributed by atoms with Crippen LogP contribution in [0.5, 0.6) is 0 Å². The average molecular weight is 531 g/mol. The third-order valence-electron chi connectivity index (χ3n) is 8.25. The minimum Gasteiger partial charge on any atom is -0.381 e. The molecule has 38 heavy (non-hydrogen) atoms. The first-order valence-electron chi connectivity index (χ1n) is 12.9. The molecule has 0 spiro atoms. The third kappa shape index (κ3) is 4.42. The van der Waals surface area contributed by atoms with Gasteiger partial charge in [0, 0.05) is 30.8 Å². The summed E-state index contributed by atoms with van der Waals surface area (Å²) in [5.74, 6) is 0.257. The van der Waals surface area contributed by atoms with Crippen LogP contribution in [0.2, 0.25) is 0 Å². The van der Waals surface area contributed by atoms with E-state index >= 15 is 0 Å². The van der Waals surface area contributed by atoms with Gasteiger partial charge in [0.25, 0.3) is 5.91 Å². The molecule has 1 aromatic heterocycles. The summed E-state index contributed by atoms with van der Waals surface area (Å²) >= 11 is 0. The van der Waals surface area contributed by atoms with Crippen LogP contribution < -0.4 is 10.2 Å². The van der Waals surface area contributed by atoms with Crippen LogP contribution in [-0.2, 0) is 21.5 Å². The number of nitrogens with one attached hydrogen (secondary N) is 1. The largest absolute Gasteiger partial charge is 0.398 e. The van der Waals surface area contributed by atoms with Crippen molar-refractivity contribution in [1.29, 1.82) is 0 Å². The van der Waals surface area contributed by atoms with Crippen LogP contribution in [0, 0.1) is 5.41 Å². The molecule has 1 aliphatic carbocycles. The van der Waals surface area contributed by atoms with Crippen LogP contribution in [0.1, 0.15) is 58.1 Å². The predicted octanol–water partition coefficient (Wildman–Crippen LogP) is 5.65. The lowest BCUT2D eigenvalue weighted by molar-refractivity contribution is -0.160. The maximum Gasteiger partial charge on any atom is 0.398 e. The fourth-order valence-electron chi connectivity index (χ4n) is 5.43. The van der Waals surface area contributed by atoms with E-state index < -0.39 is 29.1 Å². The number of urea groups is 1. The second-order valence-corrected chi connectivity index (χ2v) is 11.8. The van der Waals surface area contributed by atoms with E-state index in [1.807, 2.05) is 6.07 Å². The smallest absolute Gasteiger partial charge is 0.381 e. The van der Waals surface area contributed by atoms with Gasteiger partial charge in [0.1, 0.15) is 11.4 Å². The molecule has 2 aliphatic heterocycles. The second kappa shape index (κ2) is 8.97. The minimum absolute atomic E-state index is 0.0486. The normalized spacial score (nSPS) is 24.0. The number of carbonyl (C=O) groups excluding carboxylic acids is 2. The van der Waals surface area contributed by atoms with E-state index in [0.717, 1.165) is 16.9 Å². The number of hydrogen-bond donors (Lipinski definition) is 1. The fourth-order valence-corrected chi connectivity index (χ4v) is 5.43. The van der Waals surface area contributed by atoms with Crippen molar-refractivity contribution in [3.63, 3.8) is 0 Å². The van der Waals surface area contributed by atoms with Crippen LogP contribution in [0.4, 0.5) is 29.5 Å². The Bertz CT molecular complexity index is 1240. The number of anilines is 2. The molecular formula is C28H33F3N4O3. The number of hydrogen-bond acceptors (Lipinski definition) is 5. The molecule has 1 atom stereocenters. The maximum absolute atomic E-state index is 13.5. The van der Waals surface area contributed by atoms with E-state index in [1.165, 1.54) is 29.2 Å². The molecule has 5 rings (SSSR count). The van der Waals surface area contributed by atoms with Gasteiger partial charge in [-0.05, 0) is 68.5 Å². The highest BCUT2D eigenvalue weighted by Crippen LogP contribution is 2.59. The molecule has 1 N–H and O–H groups in total. The summed E-state index contributed by atoms with van der Waals surface area (Å²) in [5, 5.41) is 3.49. The number of carbonyl (C=O) groups is 2. The molecule has 10 heteroatoms. The van der Waals surface area contributed by atoms with Gasteiger partial charge in [-0.2, -0.15) is 13.2 Å². The number of nitrogens with zero attached hydrogens (tertiary/aromatic N) is 3. The number of ether oxygens (including phenoxy) is 1. The third-order valence-corrected chi connectivity index (χ3v) is 8.25. The Morgan fingerprint density at radius 1 is 1.08 bits per heavy atom. The zero-order chi connectivity index (χ0) is 27.5. The summed E-state index contributed by atoms with van der Waals surface area (Å²) in [7, 11) is 0. The Morgan fingerprint density at radius 2 is 1.76 bits per heavy atom. The second-order valence-electron chi connectivity index (χ2n) is 11.8. The highest BCUT2D eigenvalue weighted by molar-refractivity contribution is 6.22. The number of pyridine rings is 1. The summed E-state index contributed by atoms with van der Waals surface area (Å²) in [4.78, 5) is 33.8. The van der Waals surface area contributed by atoms with Gasteiger partial charge in [-0.25, -0.2) is 14.7 Å².